The van der Waals surface area contributed by atoms with Crippen LogP contribution in [-0.4, -0.2) is 29.6 Å². The molecule has 0 aliphatic rings. The molecule has 1 aromatic carbocycles. The monoisotopic (exact) mass is 222 g/mol. The molecule has 0 fully saturated rings. The number of carbonyl (C=O) groups is 2. The van der Waals surface area contributed by atoms with E-state index in [0.29, 0.717) is 6.29 Å². The van der Waals surface area contributed by atoms with Crippen molar-refractivity contribution >= 4 is 23.2 Å². The van der Waals surface area contributed by atoms with Gasteiger partial charge in [0.1, 0.15) is 17.0 Å². The van der Waals surface area contributed by atoms with E-state index in [1.165, 1.54) is 13.2 Å². The number of fused-ring (bicyclic) bond motifs is 1. The maximum absolute atomic E-state index is 13.4. The van der Waals surface area contributed by atoms with Crippen molar-refractivity contribution in [3.05, 3.63) is 29.2 Å². The van der Waals surface area contributed by atoms with Gasteiger partial charge in [0.2, 0.25) is 0 Å². The van der Waals surface area contributed by atoms with E-state index in [4.69, 9.17) is 0 Å². The van der Waals surface area contributed by atoms with Crippen molar-refractivity contribution in [1.29, 1.82) is 0 Å². The second-order valence-corrected chi connectivity index (χ2v) is 3.07. The second kappa shape index (κ2) is 3.73. The summed E-state index contributed by atoms with van der Waals surface area (Å²) in [4.78, 5) is 22.0. The summed E-state index contributed by atoms with van der Waals surface area (Å²) in [5, 5.41) is 6.08. The van der Waals surface area contributed by atoms with Crippen molar-refractivity contribution < 1.29 is 18.7 Å². The minimum absolute atomic E-state index is 0.00162. The molecule has 16 heavy (non-hydrogen) atoms. The van der Waals surface area contributed by atoms with Crippen LogP contribution in [0.25, 0.3) is 10.9 Å². The molecule has 2 aromatic rings. The number of hydrogen-bond acceptors (Lipinski definition) is 4. The average molecular weight is 222 g/mol. The lowest BCUT2D eigenvalue weighted by Crippen LogP contribution is -2.02. The molecule has 2 rings (SSSR count). The van der Waals surface area contributed by atoms with Crippen LogP contribution in [0.2, 0.25) is 0 Å². The Hall–Kier alpha value is -2.24. The van der Waals surface area contributed by atoms with Crippen LogP contribution in [0, 0.1) is 5.82 Å². The summed E-state index contributed by atoms with van der Waals surface area (Å²) >= 11 is 0. The number of halogens is 1. The van der Waals surface area contributed by atoms with Gasteiger partial charge in [-0.1, -0.05) is 0 Å². The Morgan fingerprint density at radius 2 is 2.31 bits per heavy atom. The van der Waals surface area contributed by atoms with Crippen LogP contribution in [-0.2, 0) is 4.74 Å². The first-order valence-electron chi connectivity index (χ1n) is 4.39. The minimum Gasteiger partial charge on any atom is -0.465 e. The van der Waals surface area contributed by atoms with E-state index >= 15 is 0 Å². The minimum atomic E-state index is -0.631. The topological polar surface area (TPSA) is 72.1 Å². The van der Waals surface area contributed by atoms with Gasteiger partial charge in [-0.05, 0) is 12.1 Å². The van der Waals surface area contributed by atoms with Gasteiger partial charge in [-0.25, -0.2) is 9.18 Å². The van der Waals surface area contributed by atoms with Crippen LogP contribution in [0.4, 0.5) is 4.39 Å². The zero-order valence-corrected chi connectivity index (χ0v) is 8.28. The molecule has 0 saturated heterocycles. The molecular formula is C10H7FN2O3. The highest BCUT2D eigenvalue weighted by atomic mass is 19.1. The molecule has 82 valence electrons. The quantitative estimate of drug-likeness (QED) is 0.614. The van der Waals surface area contributed by atoms with Crippen LogP contribution in [0.5, 0.6) is 0 Å². The Labute approximate surface area is 89.2 Å². The summed E-state index contributed by atoms with van der Waals surface area (Å²) in [6.07, 6.45) is 0.444. The van der Waals surface area contributed by atoms with Crippen LogP contribution in [0.15, 0.2) is 12.1 Å². The molecule has 1 aromatic heterocycles. The van der Waals surface area contributed by atoms with Crippen LogP contribution >= 0.6 is 0 Å². The molecule has 0 aliphatic carbocycles. The first-order valence-corrected chi connectivity index (χ1v) is 4.39. The summed E-state index contributed by atoms with van der Waals surface area (Å²) in [7, 11) is 1.21. The van der Waals surface area contributed by atoms with Crippen LogP contribution < -0.4 is 0 Å². The maximum atomic E-state index is 13.4. The first-order chi connectivity index (χ1) is 7.69. The van der Waals surface area contributed by atoms with E-state index in [1.807, 2.05) is 0 Å². The summed E-state index contributed by atoms with van der Waals surface area (Å²) in [6.45, 7) is 0. The lowest BCUT2D eigenvalue weighted by Gasteiger charge is -2.00. The molecule has 0 saturated carbocycles. The summed E-state index contributed by atoms with van der Waals surface area (Å²) < 4.78 is 18.0. The summed E-state index contributed by atoms with van der Waals surface area (Å²) in [5.74, 6) is -1.24. The van der Waals surface area contributed by atoms with E-state index in [-0.39, 0.29) is 22.2 Å². The van der Waals surface area contributed by atoms with Crippen molar-refractivity contribution in [3.63, 3.8) is 0 Å². The molecule has 1 heterocycles. The van der Waals surface area contributed by atoms with Crippen molar-refractivity contribution in [3.8, 4) is 0 Å². The van der Waals surface area contributed by atoms with Crippen molar-refractivity contribution in [2.45, 2.75) is 0 Å². The highest BCUT2D eigenvalue weighted by Crippen LogP contribution is 2.22. The van der Waals surface area contributed by atoms with Gasteiger partial charge >= 0.3 is 5.97 Å². The number of hydrogen-bond donors (Lipinski definition) is 1. The zero-order chi connectivity index (χ0) is 11.7. The number of carbonyl (C=O) groups excluding carboxylic acids is 2. The third-order valence-corrected chi connectivity index (χ3v) is 2.21. The Bertz CT molecular complexity index is 577. The molecule has 0 aliphatic heterocycles. The second-order valence-electron chi connectivity index (χ2n) is 3.07. The molecule has 6 heteroatoms. The van der Waals surface area contributed by atoms with Crippen molar-refractivity contribution in [2.75, 3.05) is 7.11 Å². The predicted octanol–water partition coefficient (Wildman–Crippen LogP) is 1.30. The summed E-state index contributed by atoms with van der Waals surface area (Å²) in [6, 6.07) is 2.36. The molecule has 0 bridgehead atoms. The molecule has 5 nitrogen and oxygen atoms in total. The third kappa shape index (κ3) is 1.35. The number of rotatable bonds is 2. The Balaban J connectivity index is 2.80. The number of aromatic nitrogens is 2. The number of esters is 1. The number of nitrogens with one attached hydrogen (secondary N) is 1. The lowest BCUT2D eigenvalue weighted by atomic mass is 10.1. The number of nitrogens with zero attached hydrogens (tertiary/aromatic N) is 1. The Kier molecular flexibility index (Phi) is 2.40. The van der Waals surface area contributed by atoms with E-state index < -0.39 is 11.8 Å². The Morgan fingerprint density at radius 1 is 1.56 bits per heavy atom. The van der Waals surface area contributed by atoms with Crippen LogP contribution in [0.3, 0.4) is 0 Å². The lowest BCUT2D eigenvalue weighted by molar-refractivity contribution is 0.0602. The fraction of sp³-hybridized carbons (Fsp3) is 0.100. The first kappa shape index (κ1) is 10.3. The molecular weight excluding hydrogens is 215 g/mol. The zero-order valence-electron chi connectivity index (χ0n) is 8.28. The number of H-pyrrole nitrogens is 1. The number of aldehydes is 1. The highest BCUT2D eigenvalue weighted by molar-refractivity contribution is 6.06. The molecule has 0 spiro atoms. The maximum Gasteiger partial charge on any atom is 0.340 e. The molecule has 0 unspecified atom stereocenters. The molecule has 0 amide bonds. The normalized spacial score (nSPS) is 10.4. The van der Waals surface area contributed by atoms with E-state index in [9.17, 15) is 14.0 Å². The van der Waals surface area contributed by atoms with Gasteiger partial charge in [0.25, 0.3) is 0 Å². The fourth-order valence-corrected chi connectivity index (χ4v) is 1.47. The van der Waals surface area contributed by atoms with Gasteiger partial charge in [0.15, 0.2) is 6.29 Å². The number of benzene rings is 1. The third-order valence-electron chi connectivity index (χ3n) is 2.21. The van der Waals surface area contributed by atoms with Crippen molar-refractivity contribution in [2.24, 2.45) is 0 Å². The highest BCUT2D eigenvalue weighted by Gasteiger charge is 2.18. The predicted molar refractivity (Wildman–Crippen MR) is 52.8 cm³/mol. The largest absolute Gasteiger partial charge is 0.465 e. The van der Waals surface area contributed by atoms with Gasteiger partial charge in [-0.2, -0.15) is 5.10 Å². The number of aromatic amines is 1. The van der Waals surface area contributed by atoms with Gasteiger partial charge in [-0.15, -0.1) is 0 Å². The van der Waals surface area contributed by atoms with Gasteiger partial charge in [0, 0.05) is 0 Å². The smallest absolute Gasteiger partial charge is 0.340 e. The van der Waals surface area contributed by atoms with Gasteiger partial charge < -0.3 is 4.74 Å². The average Bonchev–Trinajstić information content (AvgIpc) is 2.73. The van der Waals surface area contributed by atoms with Crippen LogP contribution in [0.1, 0.15) is 20.8 Å². The van der Waals surface area contributed by atoms with Gasteiger partial charge in [0.05, 0.1) is 18.1 Å². The van der Waals surface area contributed by atoms with Gasteiger partial charge in [-0.3, -0.25) is 9.89 Å². The molecule has 1 N–H and O–H groups in total. The SMILES string of the molecule is COC(=O)c1ccc(F)c2c(C=O)[nH]nc12. The van der Waals surface area contributed by atoms with E-state index in [2.05, 4.69) is 14.9 Å². The van der Waals surface area contributed by atoms with Crippen molar-refractivity contribution in [1.82, 2.24) is 10.2 Å². The number of ether oxygens (including phenoxy) is 1. The molecule has 0 atom stereocenters. The molecule has 0 radical (unpaired) electrons. The fourth-order valence-electron chi connectivity index (χ4n) is 1.47. The number of methoxy groups -OCH3 is 1. The summed E-state index contributed by atoms with van der Waals surface area (Å²) in [5.41, 5.74) is 0.204. The standard InChI is InChI=1S/C10H7FN2O3/c1-16-10(15)5-2-3-6(11)8-7(4-14)12-13-9(5)8/h2-4H,1H3,(H,12,13). The van der Waals surface area contributed by atoms with E-state index in [1.54, 1.807) is 0 Å². The van der Waals surface area contributed by atoms with E-state index in [0.717, 1.165) is 6.07 Å². The Morgan fingerprint density at radius 3 is 2.94 bits per heavy atom.